The molecule has 76 valence electrons. The minimum absolute atomic E-state index is 0.00687. The Bertz CT molecular complexity index is 357. The summed E-state index contributed by atoms with van der Waals surface area (Å²) in [6, 6.07) is 0. The maximum absolute atomic E-state index is 11.7. The van der Waals surface area contributed by atoms with Gasteiger partial charge in [-0.05, 0) is 12.8 Å². The number of hydrogen-bond acceptors (Lipinski definition) is 2. The Morgan fingerprint density at radius 3 is 2.93 bits per heavy atom. The Kier molecular flexibility index (Phi) is 2.34. The van der Waals surface area contributed by atoms with Crippen molar-refractivity contribution in [3.63, 3.8) is 0 Å². The van der Waals surface area contributed by atoms with E-state index in [2.05, 4.69) is 26.3 Å². The summed E-state index contributed by atoms with van der Waals surface area (Å²) in [6.45, 7) is 0. The van der Waals surface area contributed by atoms with Gasteiger partial charge in [0.15, 0.2) is 0 Å². The monoisotopic (exact) mass is 257 g/mol. The van der Waals surface area contributed by atoms with Gasteiger partial charge in [-0.2, -0.15) is 5.10 Å². The molecule has 14 heavy (non-hydrogen) atoms. The van der Waals surface area contributed by atoms with E-state index < -0.39 is 0 Å². The van der Waals surface area contributed by atoms with Crippen LogP contribution in [0.25, 0.3) is 0 Å². The molecule has 4 nitrogen and oxygen atoms in total. The SMILES string of the molecule is Cn1cc(C(=O)NC2(CBr)CC2)cn1. The van der Waals surface area contributed by atoms with Crippen LogP contribution in [0.5, 0.6) is 0 Å². The van der Waals surface area contributed by atoms with Crippen LogP contribution in [0.4, 0.5) is 0 Å². The van der Waals surface area contributed by atoms with Crippen LogP contribution in [-0.2, 0) is 7.05 Å². The molecule has 0 aromatic carbocycles. The number of hydrogen-bond donors (Lipinski definition) is 1. The van der Waals surface area contributed by atoms with Gasteiger partial charge in [-0.15, -0.1) is 0 Å². The normalized spacial score (nSPS) is 17.9. The highest BCUT2D eigenvalue weighted by Crippen LogP contribution is 2.37. The van der Waals surface area contributed by atoms with Gasteiger partial charge in [0, 0.05) is 18.6 Å². The van der Waals surface area contributed by atoms with Gasteiger partial charge in [-0.25, -0.2) is 0 Å². The average molecular weight is 258 g/mol. The molecule has 5 heteroatoms. The fourth-order valence-corrected chi connectivity index (χ4v) is 2.00. The lowest BCUT2D eigenvalue weighted by atomic mass is 10.2. The molecule has 0 aliphatic heterocycles. The second-order valence-electron chi connectivity index (χ2n) is 3.77. The lowest BCUT2D eigenvalue weighted by Gasteiger charge is -2.12. The Balaban J connectivity index is 2.03. The van der Waals surface area contributed by atoms with E-state index in [1.807, 2.05) is 0 Å². The molecule has 0 bridgehead atoms. The Labute approximate surface area is 90.8 Å². The van der Waals surface area contributed by atoms with Gasteiger partial charge in [0.2, 0.25) is 0 Å². The zero-order valence-corrected chi connectivity index (χ0v) is 9.54. The van der Waals surface area contributed by atoms with Gasteiger partial charge in [-0.1, -0.05) is 15.9 Å². The third-order valence-corrected chi connectivity index (χ3v) is 3.53. The topological polar surface area (TPSA) is 46.9 Å². The summed E-state index contributed by atoms with van der Waals surface area (Å²) in [5.74, 6) is -0.0324. The highest BCUT2D eigenvalue weighted by Gasteiger charge is 2.43. The summed E-state index contributed by atoms with van der Waals surface area (Å²) >= 11 is 3.40. The molecule has 0 saturated heterocycles. The number of nitrogens with one attached hydrogen (secondary N) is 1. The van der Waals surface area contributed by atoms with E-state index in [0.29, 0.717) is 5.56 Å². The standard InChI is InChI=1S/C9H12BrN3O/c1-13-5-7(4-11-13)8(14)12-9(6-10)2-3-9/h4-5H,2-3,6H2,1H3,(H,12,14). The highest BCUT2D eigenvalue weighted by molar-refractivity contribution is 9.09. The third-order valence-electron chi connectivity index (χ3n) is 2.46. The van der Waals surface area contributed by atoms with Gasteiger partial charge in [0.1, 0.15) is 0 Å². The molecule has 1 aromatic heterocycles. The summed E-state index contributed by atoms with van der Waals surface area (Å²) in [4.78, 5) is 11.7. The first-order valence-electron chi connectivity index (χ1n) is 4.52. The van der Waals surface area contributed by atoms with Gasteiger partial charge >= 0.3 is 0 Å². The first kappa shape index (κ1) is 9.71. The maximum Gasteiger partial charge on any atom is 0.254 e. The lowest BCUT2D eigenvalue weighted by molar-refractivity contribution is 0.0936. The fourth-order valence-electron chi connectivity index (χ4n) is 1.29. The molecule has 0 atom stereocenters. The number of alkyl halides is 1. The summed E-state index contributed by atoms with van der Waals surface area (Å²) < 4.78 is 1.63. The fraction of sp³-hybridized carbons (Fsp3) is 0.556. The van der Waals surface area contributed by atoms with Gasteiger partial charge in [0.25, 0.3) is 5.91 Å². The number of halogens is 1. The third kappa shape index (κ3) is 1.82. The van der Waals surface area contributed by atoms with Crippen molar-refractivity contribution in [2.75, 3.05) is 5.33 Å². The van der Waals surface area contributed by atoms with Gasteiger partial charge < -0.3 is 5.32 Å². The number of nitrogens with zero attached hydrogens (tertiary/aromatic N) is 2. The molecule has 1 heterocycles. The minimum atomic E-state index is -0.0324. The van der Waals surface area contributed by atoms with Crippen LogP contribution in [0.3, 0.4) is 0 Å². The summed E-state index contributed by atoms with van der Waals surface area (Å²) in [7, 11) is 1.80. The van der Waals surface area contributed by atoms with Crippen LogP contribution in [0.2, 0.25) is 0 Å². The van der Waals surface area contributed by atoms with Crippen LogP contribution < -0.4 is 5.32 Å². The molecule has 1 aliphatic carbocycles. The minimum Gasteiger partial charge on any atom is -0.346 e. The van der Waals surface area contributed by atoms with E-state index in [1.165, 1.54) is 0 Å². The largest absolute Gasteiger partial charge is 0.346 e. The van der Waals surface area contributed by atoms with Crippen molar-refractivity contribution in [3.8, 4) is 0 Å². The molecule has 2 rings (SSSR count). The molecule has 1 saturated carbocycles. The van der Waals surface area contributed by atoms with Crippen molar-refractivity contribution in [1.29, 1.82) is 0 Å². The predicted octanol–water partition coefficient (Wildman–Crippen LogP) is 1.08. The van der Waals surface area contributed by atoms with E-state index in [9.17, 15) is 4.79 Å². The molecule has 0 radical (unpaired) electrons. The Morgan fingerprint density at radius 2 is 2.50 bits per heavy atom. The van der Waals surface area contributed by atoms with Crippen molar-refractivity contribution in [2.45, 2.75) is 18.4 Å². The first-order valence-corrected chi connectivity index (χ1v) is 5.64. The molecule has 0 spiro atoms. The second-order valence-corrected chi connectivity index (χ2v) is 4.33. The van der Waals surface area contributed by atoms with E-state index in [4.69, 9.17) is 0 Å². The quantitative estimate of drug-likeness (QED) is 0.824. The van der Waals surface area contributed by atoms with E-state index in [0.717, 1.165) is 18.2 Å². The number of carbonyl (C=O) groups is 1. The molecular formula is C9H12BrN3O. The van der Waals surface area contributed by atoms with E-state index in [1.54, 1.807) is 24.1 Å². The van der Waals surface area contributed by atoms with Crippen molar-refractivity contribution in [1.82, 2.24) is 15.1 Å². The second kappa shape index (κ2) is 3.38. The molecule has 1 N–H and O–H groups in total. The average Bonchev–Trinajstić information content (AvgIpc) is 2.80. The predicted molar refractivity (Wildman–Crippen MR) is 56.4 cm³/mol. The molecule has 1 fully saturated rings. The van der Waals surface area contributed by atoms with Crippen LogP contribution in [0.1, 0.15) is 23.2 Å². The number of aromatic nitrogens is 2. The first-order chi connectivity index (χ1) is 6.65. The van der Waals surface area contributed by atoms with Crippen molar-refractivity contribution < 1.29 is 4.79 Å². The van der Waals surface area contributed by atoms with Crippen LogP contribution >= 0.6 is 15.9 Å². The molecule has 1 aliphatic rings. The smallest absolute Gasteiger partial charge is 0.254 e. The molecule has 1 aromatic rings. The summed E-state index contributed by atoms with van der Waals surface area (Å²) in [5, 5.41) is 7.79. The summed E-state index contributed by atoms with van der Waals surface area (Å²) in [5.41, 5.74) is 0.632. The van der Waals surface area contributed by atoms with Crippen molar-refractivity contribution in [3.05, 3.63) is 18.0 Å². The van der Waals surface area contributed by atoms with Crippen molar-refractivity contribution >= 4 is 21.8 Å². The zero-order chi connectivity index (χ0) is 10.2. The number of rotatable bonds is 3. The Morgan fingerprint density at radius 1 is 1.79 bits per heavy atom. The van der Waals surface area contributed by atoms with Crippen LogP contribution in [0, 0.1) is 0 Å². The molecule has 0 unspecified atom stereocenters. The maximum atomic E-state index is 11.7. The van der Waals surface area contributed by atoms with Crippen LogP contribution in [0.15, 0.2) is 12.4 Å². The number of aryl methyl sites for hydroxylation is 1. The number of amides is 1. The van der Waals surface area contributed by atoms with Crippen molar-refractivity contribution in [2.24, 2.45) is 7.05 Å². The molecule has 1 amide bonds. The van der Waals surface area contributed by atoms with E-state index >= 15 is 0 Å². The lowest BCUT2D eigenvalue weighted by Crippen LogP contribution is -2.37. The zero-order valence-electron chi connectivity index (χ0n) is 7.96. The number of carbonyl (C=O) groups excluding carboxylic acids is 1. The molecular weight excluding hydrogens is 246 g/mol. The van der Waals surface area contributed by atoms with Crippen LogP contribution in [-0.4, -0.2) is 26.6 Å². The Hall–Kier alpha value is -0.840. The highest BCUT2D eigenvalue weighted by atomic mass is 79.9. The van der Waals surface area contributed by atoms with E-state index in [-0.39, 0.29) is 11.4 Å². The van der Waals surface area contributed by atoms with Gasteiger partial charge in [-0.3, -0.25) is 9.48 Å². The van der Waals surface area contributed by atoms with Gasteiger partial charge in [0.05, 0.1) is 17.3 Å². The summed E-state index contributed by atoms with van der Waals surface area (Å²) in [6.07, 6.45) is 5.42.